The van der Waals surface area contributed by atoms with E-state index in [9.17, 15) is 0 Å². The molecule has 0 heterocycles. The molecule has 0 unspecified atom stereocenters. The van der Waals surface area contributed by atoms with Crippen LogP contribution in [0.25, 0.3) is 32.3 Å². The van der Waals surface area contributed by atoms with Gasteiger partial charge in [-0.25, -0.2) is 0 Å². The van der Waals surface area contributed by atoms with E-state index >= 15 is 0 Å². The van der Waals surface area contributed by atoms with Gasteiger partial charge in [0.1, 0.15) is 0 Å². The molecule has 0 spiro atoms. The first-order valence-electron chi connectivity index (χ1n) is 7.92. The van der Waals surface area contributed by atoms with Crippen molar-refractivity contribution in [1.82, 2.24) is 0 Å². The smallest absolute Gasteiger partial charge is 0.00239 e. The van der Waals surface area contributed by atoms with Gasteiger partial charge < -0.3 is 11.5 Å². The third kappa shape index (κ3) is 1.88. The lowest BCUT2D eigenvalue weighted by Crippen LogP contribution is -2.04. The van der Waals surface area contributed by atoms with E-state index in [0.29, 0.717) is 13.1 Å². The van der Waals surface area contributed by atoms with Crippen molar-refractivity contribution in [2.24, 2.45) is 11.5 Å². The molecule has 2 nitrogen and oxygen atoms in total. The van der Waals surface area contributed by atoms with Crippen LogP contribution in [0.15, 0.2) is 48.5 Å². The van der Waals surface area contributed by atoms with E-state index in [2.05, 4.69) is 48.5 Å². The van der Waals surface area contributed by atoms with Gasteiger partial charge in [0.2, 0.25) is 0 Å². The first kappa shape index (κ1) is 13.5. The van der Waals surface area contributed by atoms with Crippen molar-refractivity contribution < 1.29 is 0 Å². The van der Waals surface area contributed by atoms with E-state index in [-0.39, 0.29) is 0 Å². The molecule has 0 saturated carbocycles. The second-order valence-corrected chi connectivity index (χ2v) is 5.95. The topological polar surface area (TPSA) is 52.0 Å². The van der Waals surface area contributed by atoms with Crippen LogP contribution in [-0.2, 0) is 12.8 Å². The standard InChI is InChI=1S/C20H20N2/c21-11-9-13-1-3-15-5-8-18-14(10-12-22)2-4-16-6-7-17(13)19(15)20(16)18/h1-8H,9-12,21-22H2. The molecule has 0 aliphatic carbocycles. The monoisotopic (exact) mass is 288 g/mol. The van der Waals surface area contributed by atoms with Gasteiger partial charge in [-0.2, -0.15) is 0 Å². The Labute approximate surface area is 130 Å². The highest BCUT2D eigenvalue weighted by atomic mass is 14.5. The average molecular weight is 288 g/mol. The Morgan fingerprint density at radius 3 is 1.36 bits per heavy atom. The van der Waals surface area contributed by atoms with Crippen LogP contribution in [0.4, 0.5) is 0 Å². The van der Waals surface area contributed by atoms with Gasteiger partial charge in [0, 0.05) is 0 Å². The maximum atomic E-state index is 5.78. The summed E-state index contributed by atoms with van der Waals surface area (Å²) in [6, 6.07) is 17.8. The van der Waals surface area contributed by atoms with Gasteiger partial charge in [-0.1, -0.05) is 48.5 Å². The van der Waals surface area contributed by atoms with Crippen LogP contribution < -0.4 is 11.5 Å². The summed E-state index contributed by atoms with van der Waals surface area (Å²) in [4.78, 5) is 0. The van der Waals surface area contributed by atoms with Crippen LogP contribution in [0, 0.1) is 0 Å². The van der Waals surface area contributed by atoms with Crippen molar-refractivity contribution in [2.75, 3.05) is 13.1 Å². The van der Waals surface area contributed by atoms with E-state index in [1.54, 1.807) is 0 Å². The summed E-state index contributed by atoms with van der Waals surface area (Å²) in [5.41, 5.74) is 14.2. The van der Waals surface area contributed by atoms with Gasteiger partial charge in [0.05, 0.1) is 0 Å². The van der Waals surface area contributed by atoms with Crippen molar-refractivity contribution in [3.05, 3.63) is 59.7 Å². The molecule has 0 atom stereocenters. The molecular formula is C20H20N2. The van der Waals surface area contributed by atoms with E-state index < -0.39 is 0 Å². The first-order valence-corrected chi connectivity index (χ1v) is 7.92. The Kier molecular flexibility index (Phi) is 3.21. The molecule has 22 heavy (non-hydrogen) atoms. The number of hydrogen-bond donors (Lipinski definition) is 2. The van der Waals surface area contributed by atoms with Gasteiger partial charge in [0.15, 0.2) is 0 Å². The predicted octanol–water partition coefficient (Wildman–Crippen LogP) is 3.59. The van der Waals surface area contributed by atoms with Crippen molar-refractivity contribution >= 4 is 32.3 Å². The zero-order valence-corrected chi connectivity index (χ0v) is 12.6. The molecule has 4 aromatic carbocycles. The van der Waals surface area contributed by atoms with E-state index in [1.807, 2.05) is 0 Å². The van der Waals surface area contributed by atoms with Crippen LogP contribution in [0.2, 0.25) is 0 Å². The molecular weight excluding hydrogens is 268 g/mol. The highest BCUT2D eigenvalue weighted by molar-refractivity contribution is 6.24. The van der Waals surface area contributed by atoms with Gasteiger partial charge in [0.25, 0.3) is 0 Å². The fourth-order valence-electron chi connectivity index (χ4n) is 3.67. The van der Waals surface area contributed by atoms with Crippen molar-refractivity contribution in [1.29, 1.82) is 0 Å². The van der Waals surface area contributed by atoms with E-state index in [1.165, 1.54) is 43.4 Å². The van der Waals surface area contributed by atoms with Crippen LogP contribution >= 0.6 is 0 Å². The van der Waals surface area contributed by atoms with Crippen LogP contribution in [-0.4, -0.2) is 13.1 Å². The molecule has 2 heteroatoms. The lowest BCUT2D eigenvalue weighted by molar-refractivity contribution is 0.977. The second-order valence-electron chi connectivity index (χ2n) is 5.95. The van der Waals surface area contributed by atoms with Gasteiger partial charge >= 0.3 is 0 Å². The molecule has 0 fully saturated rings. The molecule has 4 aromatic rings. The summed E-state index contributed by atoms with van der Waals surface area (Å²) in [6.45, 7) is 1.37. The van der Waals surface area contributed by atoms with Crippen molar-refractivity contribution in [3.8, 4) is 0 Å². The molecule has 0 aliphatic heterocycles. The van der Waals surface area contributed by atoms with Gasteiger partial charge in [-0.05, 0) is 69.4 Å². The third-order valence-electron chi connectivity index (χ3n) is 4.67. The maximum absolute atomic E-state index is 5.78. The summed E-state index contributed by atoms with van der Waals surface area (Å²) in [6.07, 6.45) is 1.84. The van der Waals surface area contributed by atoms with Gasteiger partial charge in [-0.15, -0.1) is 0 Å². The quantitative estimate of drug-likeness (QED) is 0.564. The molecule has 0 saturated heterocycles. The van der Waals surface area contributed by atoms with Crippen LogP contribution in [0.5, 0.6) is 0 Å². The zero-order valence-electron chi connectivity index (χ0n) is 12.6. The van der Waals surface area contributed by atoms with E-state index in [4.69, 9.17) is 11.5 Å². The fraction of sp³-hybridized carbons (Fsp3) is 0.200. The summed E-state index contributed by atoms with van der Waals surface area (Å²) in [7, 11) is 0. The molecule has 0 aliphatic rings. The Morgan fingerprint density at radius 2 is 0.955 bits per heavy atom. The summed E-state index contributed by atoms with van der Waals surface area (Å²) < 4.78 is 0. The molecule has 4 N–H and O–H groups in total. The largest absolute Gasteiger partial charge is 0.330 e. The van der Waals surface area contributed by atoms with Crippen LogP contribution in [0.3, 0.4) is 0 Å². The average Bonchev–Trinajstić information content (AvgIpc) is 2.55. The second kappa shape index (κ2) is 5.24. The molecule has 0 bridgehead atoms. The minimum absolute atomic E-state index is 0.683. The molecule has 0 amide bonds. The minimum Gasteiger partial charge on any atom is -0.330 e. The summed E-state index contributed by atoms with van der Waals surface area (Å²) in [5.74, 6) is 0. The summed E-state index contributed by atoms with van der Waals surface area (Å²) in [5, 5.41) is 8.04. The van der Waals surface area contributed by atoms with Gasteiger partial charge in [-0.3, -0.25) is 0 Å². The fourth-order valence-corrected chi connectivity index (χ4v) is 3.67. The zero-order chi connectivity index (χ0) is 15.1. The van der Waals surface area contributed by atoms with Crippen molar-refractivity contribution in [3.63, 3.8) is 0 Å². The Bertz CT molecular complexity index is 876. The highest BCUT2D eigenvalue weighted by Gasteiger charge is 2.12. The minimum atomic E-state index is 0.683. The number of nitrogens with two attached hydrogens (primary N) is 2. The third-order valence-corrected chi connectivity index (χ3v) is 4.67. The van der Waals surface area contributed by atoms with E-state index in [0.717, 1.165) is 12.8 Å². The van der Waals surface area contributed by atoms with Crippen molar-refractivity contribution in [2.45, 2.75) is 12.8 Å². The summed E-state index contributed by atoms with van der Waals surface area (Å²) >= 11 is 0. The number of rotatable bonds is 4. The molecule has 4 rings (SSSR count). The lowest BCUT2D eigenvalue weighted by atomic mass is 9.89. The maximum Gasteiger partial charge on any atom is -0.00239 e. The lowest BCUT2D eigenvalue weighted by Gasteiger charge is -2.15. The Morgan fingerprint density at radius 1 is 0.545 bits per heavy atom. The molecule has 110 valence electrons. The highest BCUT2D eigenvalue weighted by Crippen LogP contribution is 2.37. The number of benzene rings is 4. The normalized spacial score (nSPS) is 11.9. The molecule has 0 radical (unpaired) electrons. The molecule has 0 aromatic heterocycles. The Hall–Kier alpha value is -2.16. The Balaban J connectivity index is 2.17. The first-order chi connectivity index (χ1) is 10.8. The number of hydrogen-bond acceptors (Lipinski definition) is 2. The van der Waals surface area contributed by atoms with Crippen LogP contribution in [0.1, 0.15) is 11.1 Å². The predicted molar refractivity (Wildman–Crippen MR) is 95.7 cm³/mol. The SMILES string of the molecule is NCCc1ccc2ccc3c(CCN)ccc4ccc1c2c43.